The lowest BCUT2D eigenvalue weighted by atomic mass is 9.48. The van der Waals surface area contributed by atoms with Gasteiger partial charge in [-0.05, 0) is 80.6 Å². The van der Waals surface area contributed by atoms with Crippen LogP contribution in [0.15, 0.2) is 5.16 Å². The average Bonchev–Trinajstić information content (AvgIpc) is 2.92. The quantitative estimate of drug-likeness (QED) is 0.781. The van der Waals surface area contributed by atoms with Gasteiger partial charge in [0.2, 0.25) is 5.16 Å². The Morgan fingerprint density at radius 1 is 1.27 bits per heavy atom. The molecule has 0 unspecified atom stereocenters. The van der Waals surface area contributed by atoms with Crippen molar-refractivity contribution in [1.82, 2.24) is 20.2 Å². The van der Waals surface area contributed by atoms with Gasteiger partial charge in [0, 0.05) is 12.0 Å². The van der Waals surface area contributed by atoms with E-state index in [1.54, 1.807) is 4.68 Å². The first kappa shape index (κ1) is 14.7. The van der Waals surface area contributed by atoms with Gasteiger partial charge in [-0.3, -0.25) is 4.79 Å². The Labute approximate surface area is 135 Å². The molecule has 0 radical (unpaired) electrons. The predicted molar refractivity (Wildman–Crippen MR) is 84.4 cm³/mol. The van der Waals surface area contributed by atoms with E-state index in [0.717, 1.165) is 48.7 Å². The first-order chi connectivity index (χ1) is 10.6. The first-order valence-electron chi connectivity index (χ1n) is 8.57. The van der Waals surface area contributed by atoms with Gasteiger partial charge in [-0.2, -0.15) is 0 Å². The van der Waals surface area contributed by atoms with E-state index in [2.05, 4.69) is 15.5 Å². The molecule has 1 atom stereocenters. The molecule has 5 rings (SSSR count). The number of rotatable bonds is 5. The molecule has 0 aliphatic heterocycles. The summed E-state index contributed by atoms with van der Waals surface area (Å²) in [6, 6.07) is 0. The van der Waals surface area contributed by atoms with Gasteiger partial charge in [0.25, 0.3) is 0 Å². The minimum atomic E-state index is -0.0486. The van der Waals surface area contributed by atoms with Crippen LogP contribution in [0.2, 0.25) is 0 Å². The fourth-order valence-electron chi connectivity index (χ4n) is 5.53. The maximum Gasteiger partial charge on any atom is 0.209 e. The van der Waals surface area contributed by atoms with Gasteiger partial charge >= 0.3 is 0 Å². The number of carbonyl (C=O) groups is 1. The number of aryl methyl sites for hydroxylation is 1. The third-order valence-electron chi connectivity index (χ3n) is 6.01. The molecule has 120 valence electrons. The van der Waals surface area contributed by atoms with E-state index in [1.165, 1.54) is 31.0 Å². The Balaban J connectivity index is 1.51. The largest absolute Gasteiger partial charge is 0.298 e. The van der Waals surface area contributed by atoms with Gasteiger partial charge in [0.15, 0.2) is 5.78 Å². The molecule has 1 aromatic heterocycles. The molecule has 4 aliphatic carbocycles. The molecule has 4 saturated carbocycles. The van der Waals surface area contributed by atoms with Crippen LogP contribution in [-0.2, 0) is 11.3 Å². The Morgan fingerprint density at radius 3 is 2.41 bits per heavy atom. The van der Waals surface area contributed by atoms with E-state index in [-0.39, 0.29) is 10.7 Å². The summed E-state index contributed by atoms with van der Waals surface area (Å²) < 4.78 is 1.77. The number of hydrogen-bond acceptors (Lipinski definition) is 5. The van der Waals surface area contributed by atoms with Gasteiger partial charge in [0.05, 0.1) is 5.25 Å². The van der Waals surface area contributed by atoms with Gasteiger partial charge < -0.3 is 0 Å². The molecule has 1 heterocycles. The number of carbonyl (C=O) groups excluding carboxylic acids is 1. The number of nitrogens with zero attached hydrogens (tertiary/aromatic N) is 4. The van der Waals surface area contributed by atoms with Crippen LogP contribution in [0, 0.1) is 23.2 Å². The molecule has 6 heteroatoms. The van der Waals surface area contributed by atoms with Crippen molar-refractivity contribution in [2.45, 2.75) is 69.3 Å². The Morgan fingerprint density at radius 2 is 1.86 bits per heavy atom. The molecular weight excluding hydrogens is 296 g/mol. The van der Waals surface area contributed by atoms with Crippen LogP contribution in [0.5, 0.6) is 0 Å². The lowest BCUT2D eigenvalue weighted by molar-refractivity contribution is -0.142. The van der Waals surface area contributed by atoms with Crippen molar-refractivity contribution in [1.29, 1.82) is 0 Å². The van der Waals surface area contributed by atoms with Gasteiger partial charge in [-0.15, -0.1) is 5.10 Å². The third-order valence-corrected chi connectivity index (χ3v) is 7.08. The number of hydrogen-bond donors (Lipinski definition) is 0. The van der Waals surface area contributed by atoms with E-state index in [1.807, 2.05) is 13.8 Å². The minimum absolute atomic E-state index is 0.0222. The topological polar surface area (TPSA) is 60.7 Å². The standard InChI is InChI=1S/C16H24N4OS/c1-3-20-15(17-18-19-20)22-10(2)14(21)16-7-11-4-12(8-16)6-13(5-11)9-16/h10-13H,3-9H2,1-2H3/t10-,11?,12?,13?,16?/m0/s1. The van der Waals surface area contributed by atoms with Crippen molar-refractivity contribution in [3.63, 3.8) is 0 Å². The molecule has 0 spiro atoms. The van der Waals surface area contributed by atoms with Gasteiger partial charge in [-0.1, -0.05) is 11.8 Å². The van der Waals surface area contributed by atoms with Crippen LogP contribution in [0.3, 0.4) is 0 Å². The van der Waals surface area contributed by atoms with Crippen LogP contribution in [0.25, 0.3) is 0 Å². The lowest BCUT2D eigenvalue weighted by Crippen LogP contribution is -2.51. The molecule has 0 saturated heterocycles. The first-order valence-corrected chi connectivity index (χ1v) is 9.45. The molecule has 0 amide bonds. The van der Waals surface area contributed by atoms with Crippen LogP contribution in [0.4, 0.5) is 0 Å². The zero-order valence-corrected chi connectivity index (χ0v) is 14.2. The minimum Gasteiger partial charge on any atom is -0.298 e. The highest BCUT2D eigenvalue weighted by Gasteiger charge is 2.55. The summed E-state index contributed by atoms with van der Waals surface area (Å²) in [5.74, 6) is 2.90. The van der Waals surface area contributed by atoms with Gasteiger partial charge in [-0.25, -0.2) is 4.68 Å². The normalized spacial score (nSPS) is 37.5. The second-order valence-corrected chi connectivity index (χ2v) is 8.91. The second-order valence-electron chi connectivity index (χ2n) is 7.60. The number of ketones is 1. The lowest BCUT2D eigenvalue weighted by Gasteiger charge is -2.56. The SMILES string of the molecule is CCn1nnnc1S[C@@H](C)C(=O)C12CC3CC(CC(C3)C1)C2. The number of thioether (sulfide) groups is 1. The van der Waals surface area contributed by atoms with Crippen molar-refractivity contribution in [2.24, 2.45) is 23.2 Å². The molecule has 4 bridgehead atoms. The molecule has 0 aromatic carbocycles. The highest BCUT2D eigenvalue weighted by atomic mass is 32.2. The maximum atomic E-state index is 13.2. The molecule has 22 heavy (non-hydrogen) atoms. The Kier molecular flexibility index (Phi) is 3.55. The monoisotopic (exact) mass is 320 g/mol. The maximum absolute atomic E-state index is 13.2. The molecule has 5 nitrogen and oxygen atoms in total. The molecular formula is C16H24N4OS. The number of aromatic nitrogens is 4. The predicted octanol–water partition coefficient (Wildman–Crippen LogP) is 2.96. The molecule has 4 fully saturated rings. The smallest absolute Gasteiger partial charge is 0.209 e. The van der Waals surface area contributed by atoms with Crippen molar-refractivity contribution in [3.05, 3.63) is 0 Å². The van der Waals surface area contributed by atoms with Crippen molar-refractivity contribution < 1.29 is 4.79 Å². The summed E-state index contributed by atoms with van der Waals surface area (Å²) in [5, 5.41) is 12.5. The summed E-state index contributed by atoms with van der Waals surface area (Å²) in [4.78, 5) is 13.2. The van der Waals surface area contributed by atoms with E-state index in [9.17, 15) is 4.79 Å². The Bertz CT molecular complexity index is 549. The van der Waals surface area contributed by atoms with E-state index >= 15 is 0 Å². The summed E-state index contributed by atoms with van der Waals surface area (Å²) >= 11 is 1.54. The van der Waals surface area contributed by atoms with Crippen molar-refractivity contribution in [2.75, 3.05) is 0 Å². The number of tetrazole rings is 1. The zero-order valence-electron chi connectivity index (χ0n) is 13.4. The van der Waals surface area contributed by atoms with E-state index in [4.69, 9.17) is 0 Å². The Hall–Kier alpha value is -0.910. The fourth-order valence-corrected chi connectivity index (χ4v) is 6.58. The summed E-state index contributed by atoms with van der Waals surface area (Å²) in [5.41, 5.74) is -0.0222. The van der Waals surface area contributed by atoms with Crippen molar-refractivity contribution in [3.8, 4) is 0 Å². The van der Waals surface area contributed by atoms with Crippen LogP contribution < -0.4 is 0 Å². The fraction of sp³-hybridized carbons (Fsp3) is 0.875. The zero-order chi connectivity index (χ0) is 15.3. The molecule has 4 aliphatic rings. The third kappa shape index (κ3) is 2.30. The summed E-state index contributed by atoms with van der Waals surface area (Å²) in [6.07, 6.45) is 7.55. The molecule has 0 N–H and O–H groups in total. The van der Waals surface area contributed by atoms with E-state index < -0.39 is 0 Å². The second kappa shape index (κ2) is 5.32. The van der Waals surface area contributed by atoms with Crippen molar-refractivity contribution >= 4 is 17.5 Å². The summed E-state index contributed by atoms with van der Waals surface area (Å²) in [7, 11) is 0. The average molecular weight is 320 g/mol. The highest BCUT2D eigenvalue weighted by Crippen LogP contribution is 2.61. The van der Waals surface area contributed by atoms with Crippen LogP contribution >= 0.6 is 11.8 Å². The summed E-state index contributed by atoms with van der Waals surface area (Å²) in [6.45, 7) is 4.81. The number of Topliss-reactive ketones (excluding diaryl/α,β-unsaturated/α-hetero) is 1. The molecule has 1 aromatic rings. The van der Waals surface area contributed by atoms with Gasteiger partial charge in [0.1, 0.15) is 0 Å². The van der Waals surface area contributed by atoms with Crippen LogP contribution in [-0.4, -0.2) is 31.2 Å². The van der Waals surface area contributed by atoms with Crippen LogP contribution in [0.1, 0.15) is 52.4 Å². The van der Waals surface area contributed by atoms with E-state index in [0.29, 0.717) is 5.78 Å². The highest BCUT2D eigenvalue weighted by molar-refractivity contribution is 8.00.